The number of aryl methyl sites for hydroxylation is 1. The number of rotatable bonds is 2. The van der Waals surface area contributed by atoms with E-state index in [2.05, 4.69) is 54.2 Å². The largest absolute Gasteiger partial charge is 0.497 e. The van der Waals surface area contributed by atoms with E-state index in [1.165, 1.54) is 11.1 Å². The summed E-state index contributed by atoms with van der Waals surface area (Å²) in [5, 5.41) is 7.41. The molecule has 1 saturated heterocycles. The minimum atomic E-state index is -0.347. The summed E-state index contributed by atoms with van der Waals surface area (Å²) in [6.45, 7) is 4.19. The molecule has 0 aliphatic carbocycles. The smallest absolute Gasteiger partial charge is 0.200 e. The summed E-state index contributed by atoms with van der Waals surface area (Å²) in [7, 11) is 3.89. The predicted octanol–water partition coefficient (Wildman–Crippen LogP) is 3.97. The van der Waals surface area contributed by atoms with E-state index in [-0.39, 0.29) is 11.8 Å². The van der Waals surface area contributed by atoms with Crippen LogP contribution in [0.4, 0.5) is 0 Å². The summed E-state index contributed by atoms with van der Waals surface area (Å²) in [5.41, 5.74) is 4.41. The Bertz CT molecular complexity index is 931. The Kier molecular flexibility index (Phi) is 4.09. The molecule has 1 fully saturated rings. The monoisotopic (exact) mass is 377 g/mol. The third kappa shape index (κ3) is 2.76. The number of nitrogens with zero attached hydrogens (tertiary/aromatic N) is 3. The summed E-state index contributed by atoms with van der Waals surface area (Å²) in [6, 6.07) is 15.0. The molecule has 0 amide bonds. The Morgan fingerprint density at radius 3 is 2.75 bits per heavy atom. The summed E-state index contributed by atoms with van der Waals surface area (Å²) < 4.78 is 12.1. The maximum Gasteiger partial charge on any atom is 0.200 e. The van der Waals surface area contributed by atoms with E-state index in [9.17, 15) is 0 Å². The molecule has 1 spiro atoms. The molecule has 146 valence electrons. The van der Waals surface area contributed by atoms with Crippen LogP contribution in [0.2, 0.25) is 0 Å². The molecule has 5 rings (SSSR count). The van der Waals surface area contributed by atoms with Crippen LogP contribution in [0, 0.1) is 6.92 Å². The van der Waals surface area contributed by atoms with E-state index in [0.717, 1.165) is 55.1 Å². The average molecular weight is 377 g/mol. The van der Waals surface area contributed by atoms with Crippen molar-refractivity contribution in [3.63, 3.8) is 0 Å². The molecule has 0 saturated carbocycles. The second-order valence-corrected chi connectivity index (χ2v) is 8.24. The maximum absolute atomic E-state index is 6.67. The zero-order valence-electron chi connectivity index (χ0n) is 16.8. The van der Waals surface area contributed by atoms with Crippen molar-refractivity contribution in [1.29, 1.82) is 0 Å². The van der Waals surface area contributed by atoms with Crippen molar-refractivity contribution in [2.75, 3.05) is 27.2 Å². The van der Waals surface area contributed by atoms with E-state index in [4.69, 9.17) is 14.6 Å². The number of benzene rings is 2. The predicted molar refractivity (Wildman–Crippen MR) is 110 cm³/mol. The van der Waals surface area contributed by atoms with Crippen molar-refractivity contribution in [2.45, 2.75) is 38.0 Å². The molecule has 0 radical (unpaired) electrons. The number of likely N-dealkylation sites (tertiary alicyclic amines) is 1. The molecule has 2 aromatic carbocycles. The molecule has 1 atom stereocenters. The van der Waals surface area contributed by atoms with E-state index in [1.807, 2.05) is 12.1 Å². The van der Waals surface area contributed by atoms with Crippen molar-refractivity contribution in [1.82, 2.24) is 9.91 Å². The van der Waals surface area contributed by atoms with Crippen LogP contribution in [-0.2, 0) is 0 Å². The van der Waals surface area contributed by atoms with Gasteiger partial charge in [-0.05, 0) is 32.2 Å². The van der Waals surface area contributed by atoms with Gasteiger partial charge in [-0.1, -0.05) is 29.8 Å². The van der Waals surface area contributed by atoms with Crippen LogP contribution in [0.3, 0.4) is 0 Å². The highest BCUT2D eigenvalue weighted by molar-refractivity contribution is 6.02. The van der Waals surface area contributed by atoms with Gasteiger partial charge in [0, 0.05) is 43.5 Å². The molecule has 3 aliphatic heterocycles. The van der Waals surface area contributed by atoms with Gasteiger partial charge in [-0.2, -0.15) is 5.10 Å². The number of ether oxygens (including phenoxy) is 2. The van der Waals surface area contributed by atoms with Crippen LogP contribution in [-0.4, -0.2) is 48.6 Å². The number of hydrazone groups is 1. The quantitative estimate of drug-likeness (QED) is 0.794. The molecule has 0 N–H and O–H groups in total. The average Bonchev–Trinajstić information content (AvgIpc) is 3.18. The van der Waals surface area contributed by atoms with Gasteiger partial charge in [0.25, 0.3) is 0 Å². The van der Waals surface area contributed by atoms with Gasteiger partial charge in [-0.15, -0.1) is 0 Å². The highest BCUT2D eigenvalue weighted by atomic mass is 16.5. The topological polar surface area (TPSA) is 37.3 Å². The number of methoxy groups -OCH3 is 1. The highest BCUT2D eigenvalue weighted by Crippen LogP contribution is 2.50. The molecule has 5 nitrogen and oxygen atoms in total. The van der Waals surface area contributed by atoms with Gasteiger partial charge in [-0.3, -0.25) is 0 Å². The molecule has 2 aromatic rings. The molecule has 0 bridgehead atoms. The van der Waals surface area contributed by atoms with Gasteiger partial charge in [0.05, 0.1) is 18.9 Å². The first kappa shape index (κ1) is 17.6. The van der Waals surface area contributed by atoms with Gasteiger partial charge in [0.1, 0.15) is 11.5 Å². The van der Waals surface area contributed by atoms with Crippen molar-refractivity contribution in [2.24, 2.45) is 5.10 Å². The molecule has 0 aromatic heterocycles. The van der Waals surface area contributed by atoms with Crippen molar-refractivity contribution < 1.29 is 9.47 Å². The third-order valence-corrected chi connectivity index (χ3v) is 6.32. The van der Waals surface area contributed by atoms with Gasteiger partial charge in [-0.25, -0.2) is 5.01 Å². The van der Waals surface area contributed by atoms with Crippen molar-refractivity contribution >= 4 is 5.71 Å². The van der Waals surface area contributed by atoms with Gasteiger partial charge >= 0.3 is 0 Å². The Hall–Kier alpha value is -2.53. The number of hydrogen-bond acceptors (Lipinski definition) is 5. The van der Waals surface area contributed by atoms with Gasteiger partial charge in [0.15, 0.2) is 0 Å². The van der Waals surface area contributed by atoms with Gasteiger partial charge < -0.3 is 14.4 Å². The lowest BCUT2D eigenvalue weighted by molar-refractivity contribution is -0.147. The zero-order valence-corrected chi connectivity index (χ0v) is 16.8. The lowest BCUT2D eigenvalue weighted by Crippen LogP contribution is -2.58. The lowest BCUT2D eigenvalue weighted by Gasteiger charge is -2.50. The first-order valence-corrected chi connectivity index (χ1v) is 10.1. The lowest BCUT2D eigenvalue weighted by atomic mass is 9.90. The van der Waals surface area contributed by atoms with Crippen molar-refractivity contribution in [3.8, 4) is 11.5 Å². The minimum absolute atomic E-state index is 0.230. The summed E-state index contributed by atoms with van der Waals surface area (Å²) in [5.74, 6) is 1.89. The number of piperidine rings is 1. The summed E-state index contributed by atoms with van der Waals surface area (Å²) in [4.78, 5) is 2.37. The first-order chi connectivity index (χ1) is 13.6. The molecular weight excluding hydrogens is 350 g/mol. The van der Waals surface area contributed by atoms with E-state index < -0.39 is 0 Å². The van der Waals surface area contributed by atoms with Crippen LogP contribution in [0.15, 0.2) is 47.6 Å². The van der Waals surface area contributed by atoms with Crippen LogP contribution in [0.5, 0.6) is 11.5 Å². The van der Waals surface area contributed by atoms with Crippen LogP contribution in [0.1, 0.15) is 42.0 Å². The summed E-state index contributed by atoms with van der Waals surface area (Å²) in [6.07, 6.45) is 2.81. The van der Waals surface area contributed by atoms with Gasteiger partial charge in [0.2, 0.25) is 5.72 Å². The van der Waals surface area contributed by atoms with Crippen molar-refractivity contribution in [3.05, 3.63) is 59.2 Å². The molecule has 1 unspecified atom stereocenters. The Balaban J connectivity index is 1.58. The van der Waals surface area contributed by atoms with Crippen LogP contribution < -0.4 is 9.47 Å². The van der Waals surface area contributed by atoms with E-state index in [0.29, 0.717) is 0 Å². The van der Waals surface area contributed by atoms with E-state index in [1.54, 1.807) is 7.11 Å². The first-order valence-electron chi connectivity index (χ1n) is 10.1. The second kappa shape index (κ2) is 6.52. The Morgan fingerprint density at radius 2 is 1.96 bits per heavy atom. The zero-order chi connectivity index (χ0) is 19.3. The summed E-state index contributed by atoms with van der Waals surface area (Å²) >= 11 is 0. The highest BCUT2D eigenvalue weighted by Gasteiger charge is 2.51. The normalized spacial score (nSPS) is 23.0. The molecule has 5 heteroatoms. The second-order valence-electron chi connectivity index (χ2n) is 8.24. The van der Waals surface area contributed by atoms with Crippen LogP contribution in [0.25, 0.3) is 0 Å². The number of hydrogen-bond donors (Lipinski definition) is 0. The maximum atomic E-state index is 6.67. The Morgan fingerprint density at radius 1 is 1.14 bits per heavy atom. The SMILES string of the molecule is COc1cccc(C2=NN3C(C2)c2cc(C)ccc2OC32CCN(C)CC2)c1. The fourth-order valence-electron chi connectivity index (χ4n) is 4.68. The molecular formula is C23H27N3O2. The standard InChI is InChI=1S/C23H27N3O2/c1-16-7-8-22-19(13-16)21-15-20(17-5-4-6-18(14-17)27-3)24-26(21)23(28-22)9-11-25(2)12-10-23/h4-8,13-14,21H,9-12,15H2,1-3H3. The number of fused-ring (bicyclic) bond motifs is 4. The molecule has 28 heavy (non-hydrogen) atoms. The fourth-order valence-corrected chi connectivity index (χ4v) is 4.68. The fraction of sp³-hybridized carbons (Fsp3) is 0.435. The minimum Gasteiger partial charge on any atom is -0.497 e. The molecule has 3 aliphatic rings. The molecule has 3 heterocycles. The van der Waals surface area contributed by atoms with Crippen LogP contribution >= 0.6 is 0 Å². The third-order valence-electron chi connectivity index (χ3n) is 6.32. The Labute approximate surface area is 166 Å². The van der Waals surface area contributed by atoms with E-state index >= 15 is 0 Å².